The fourth-order valence-electron chi connectivity index (χ4n) is 1.50. The fraction of sp³-hybridized carbons (Fsp3) is 0.273. The molecular formula is C11H11N3O5. The van der Waals surface area contributed by atoms with Crippen LogP contribution in [0, 0.1) is 0 Å². The van der Waals surface area contributed by atoms with Gasteiger partial charge in [-0.25, -0.2) is 10.2 Å². The van der Waals surface area contributed by atoms with Crippen molar-refractivity contribution >= 4 is 23.5 Å². The van der Waals surface area contributed by atoms with Gasteiger partial charge in [-0.05, 0) is 12.1 Å². The molecule has 1 aromatic heterocycles. The molecule has 0 saturated heterocycles. The van der Waals surface area contributed by atoms with E-state index in [-0.39, 0.29) is 36.8 Å². The summed E-state index contributed by atoms with van der Waals surface area (Å²) in [6.07, 6.45) is 0.492. The third kappa shape index (κ3) is 3.18. The number of aromatic carboxylic acids is 1. The van der Waals surface area contributed by atoms with E-state index in [1.54, 1.807) is 0 Å². The second-order valence-electron chi connectivity index (χ2n) is 3.85. The molecule has 0 aliphatic carbocycles. The van der Waals surface area contributed by atoms with E-state index < -0.39 is 11.9 Å². The molecule has 100 valence electrons. The van der Waals surface area contributed by atoms with E-state index in [1.165, 1.54) is 12.1 Å². The Hall–Kier alpha value is -2.64. The number of carboxylic acids is 1. The first-order valence-corrected chi connectivity index (χ1v) is 5.52. The topological polar surface area (TPSA) is 121 Å². The number of nitrogens with one attached hydrogen (secondary N) is 2. The zero-order chi connectivity index (χ0) is 13.8. The molecule has 2 rings (SSSR count). The highest BCUT2D eigenvalue weighted by atomic mass is 16.4. The average molecular weight is 265 g/mol. The van der Waals surface area contributed by atoms with E-state index in [9.17, 15) is 14.4 Å². The number of carbonyl (C=O) groups is 3. The lowest BCUT2D eigenvalue weighted by Crippen LogP contribution is -2.36. The van der Waals surface area contributed by atoms with Crippen molar-refractivity contribution in [2.45, 2.75) is 19.4 Å². The van der Waals surface area contributed by atoms with Crippen molar-refractivity contribution in [1.29, 1.82) is 0 Å². The van der Waals surface area contributed by atoms with Crippen LogP contribution >= 0.6 is 0 Å². The van der Waals surface area contributed by atoms with Crippen LogP contribution in [0.15, 0.2) is 21.7 Å². The average Bonchev–Trinajstić information content (AvgIpc) is 2.86. The maximum absolute atomic E-state index is 11.7. The Morgan fingerprint density at radius 3 is 2.79 bits per heavy atom. The van der Waals surface area contributed by atoms with Gasteiger partial charge >= 0.3 is 5.97 Å². The maximum Gasteiger partial charge on any atom is 0.371 e. The minimum absolute atomic E-state index is 0.0546. The summed E-state index contributed by atoms with van der Waals surface area (Å²) in [6.45, 7) is 0.0546. The van der Waals surface area contributed by atoms with Crippen LogP contribution in [0.5, 0.6) is 0 Å². The highest BCUT2D eigenvalue weighted by Crippen LogP contribution is 2.07. The number of carboxylic acid groups (broad SMARTS) is 1. The van der Waals surface area contributed by atoms with E-state index in [0.717, 1.165) is 0 Å². The van der Waals surface area contributed by atoms with Gasteiger partial charge in [-0.3, -0.25) is 9.59 Å². The molecule has 0 saturated carbocycles. The van der Waals surface area contributed by atoms with Crippen molar-refractivity contribution < 1.29 is 23.9 Å². The SMILES string of the molecule is O=C1CCC(C(=O)NCc2ccc(C(=O)O)o2)=NN1. The van der Waals surface area contributed by atoms with Crippen molar-refractivity contribution in [3.05, 3.63) is 23.7 Å². The molecule has 2 heterocycles. The zero-order valence-electron chi connectivity index (χ0n) is 9.80. The molecule has 0 radical (unpaired) electrons. The molecule has 0 unspecified atom stereocenters. The predicted molar refractivity (Wildman–Crippen MR) is 62.3 cm³/mol. The van der Waals surface area contributed by atoms with Crippen LogP contribution in [0.4, 0.5) is 0 Å². The van der Waals surface area contributed by atoms with Crippen molar-refractivity contribution in [3.63, 3.8) is 0 Å². The normalized spacial score (nSPS) is 14.5. The van der Waals surface area contributed by atoms with Gasteiger partial charge in [0.05, 0.1) is 6.54 Å². The number of amides is 2. The third-order valence-corrected chi connectivity index (χ3v) is 2.46. The first-order chi connectivity index (χ1) is 9.06. The summed E-state index contributed by atoms with van der Waals surface area (Å²) in [7, 11) is 0. The number of rotatable bonds is 4. The van der Waals surface area contributed by atoms with Gasteiger partial charge in [-0.1, -0.05) is 0 Å². The number of furan rings is 1. The largest absolute Gasteiger partial charge is 0.475 e. The molecular weight excluding hydrogens is 254 g/mol. The van der Waals surface area contributed by atoms with Gasteiger partial charge in [-0.2, -0.15) is 5.10 Å². The fourth-order valence-corrected chi connectivity index (χ4v) is 1.50. The molecule has 0 aromatic carbocycles. The summed E-state index contributed by atoms with van der Waals surface area (Å²) < 4.78 is 4.98. The number of nitrogens with zero attached hydrogens (tertiary/aromatic N) is 1. The van der Waals surface area contributed by atoms with Crippen molar-refractivity contribution in [3.8, 4) is 0 Å². The summed E-state index contributed by atoms with van der Waals surface area (Å²) >= 11 is 0. The van der Waals surface area contributed by atoms with Crippen LogP contribution in [-0.4, -0.2) is 28.6 Å². The van der Waals surface area contributed by atoms with Crippen LogP contribution in [-0.2, 0) is 16.1 Å². The summed E-state index contributed by atoms with van der Waals surface area (Å²) in [5, 5.41) is 14.8. The van der Waals surface area contributed by atoms with Crippen LogP contribution in [0.3, 0.4) is 0 Å². The van der Waals surface area contributed by atoms with Crippen LogP contribution < -0.4 is 10.7 Å². The lowest BCUT2D eigenvalue weighted by Gasteiger charge is -2.11. The summed E-state index contributed by atoms with van der Waals surface area (Å²) in [5.41, 5.74) is 2.44. The molecule has 1 aliphatic rings. The van der Waals surface area contributed by atoms with Crippen LogP contribution in [0.1, 0.15) is 29.2 Å². The summed E-state index contributed by atoms with van der Waals surface area (Å²) in [4.78, 5) is 33.1. The smallest absolute Gasteiger partial charge is 0.371 e. The Kier molecular flexibility index (Phi) is 3.60. The van der Waals surface area contributed by atoms with Gasteiger partial charge in [0.2, 0.25) is 11.7 Å². The van der Waals surface area contributed by atoms with Gasteiger partial charge < -0.3 is 14.8 Å². The van der Waals surface area contributed by atoms with E-state index in [1.807, 2.05) is 0 Å². The summed E-state index contributed by atoms with van der Waals surface area (Å²) in [5.74, 6) is -1.68. The first kappa shape index (κ1) is 12.8. The highest BCUT2D eigenvalue weighted by molar-refractivity contribution is 6.39. The van der Waals surface area contributed by atoms with Crippen molar-refractivity contribution in [1.82, 2.24) is 10.7 Å². The zero-order valence-corrected chi connectivity index (χ0v) is 9.80. The molecule has 0 bridgehead atoms. The predicted octanol–water partition coefficient (Wildman–Crippen LogP) is -0.140. The molecule has 0 fully saturated rings. The van der Waals surface area contributed by atoms with Gasteiger partial charge in [-0.15, -0.1) is 0 Å². The highest BCUT2D eigenvalue weighted by Gasteiger charge is 2.18. The van der Waals surface area contributed by atoms with Gasteiger partial charge in [0.15, 0.2) is 0 Å². The molecule has 3 N–H and O–H groups in total. The number of hydrogen-bond acceptors (Lipinski definition) is 5. The Balaban J connectivity index is 1.89. The minimum atomic E-state index is -1.17. The molecule has 8 nitrogen and oxygen atoms in total. The van der Waals surface area contributed by atoms with Gasteiger partial charge in [0.25, 0.3) is 5.91 Å². The van der Waals surface area contributed by atoms with Gasteiger partial charge in [0.1, 0.15) is 11.5 Å². The Bertz CT molecular complexity index is 560. The van der Waals surface area contributed by atoms with Crippen LogP contribution in [0.2, 0.25) is 0 Å². The van der Waals surface area contributed by atoms with E-state index in [4.69, 9.17) is 9.52 Å². The summed E-state index contributed by atoms with van der Waals surface area (Å²) in [6, 6.07) is 2.77. The monoisotopic (exact) mass is 265 g/mol. The standard InChI is InChI=1S/C11H11N3O5/c15-9-4-2-7(13-14-9)10(16)12-5-6-1-3-8(19-6)11(17)18/h1,3H,2,4-5H2,(H,12,16)(H,14,15)(H,17,18). The maximum atomic E-state index is 11.7. The lowest BCUT2D eigenvalue weighted by atomic mass is 10.1. The molecule has 2 amide bonds. The Labute approximate surface area is 107 Å². The lowest BCUT2D eigenvalue weighted by molar-refractivity contribution is -0.121. The van der Waals surface area contributed by atoms with Crippen molar-refractivity contribution in [2.24, 2.45) is 5.10 Å². The molecule has 8 heteroatoms. The third-order valence-electron chi connectivity index (χ3n) is 2.46. The molecule has 0 atom stereocenters. The van der Waals surface area contributed by atoms with Crippen molar-refractivity contribution in [2.75, 3.05) is 0 Å². The quantitative estimate of drug-likeness (QED) is 0.699. The van der Waals surface area contributed by atoms with E-state index >= 15 is 0 Å². The Morgan fingerprint density at radius 1 is 1.42 bits per heavy atom. The van der Waals surface area contributed by atoms with Crippen LogP contribution in [0.25, 0.3) is 0 Å². The molecule has 1 aliphatic heterocycles. The minimum Gasteiger partial charge on any atom is -0.475 e. The second kappa shape index (κ2) is 5.34. The van der Waals surface area contributed by atoms with E-state index in [0.29, 0.717) is 5.76 Å². The first-order valence-electron chi connectivity index (χ1n) is 5.52. The number of carbonyl (C=O) groups excluding carboxylic acids is 2. The second-order valence-corrected chi connectivity index (χ2v) is 3.85. The molecule has 0 spiro atoms. The van der Waals surface area contributed by atoms with Gasteiger partial charge in [0, 0.05) is 12.8 Å². The molecule has 19 heavy (non-hydrogen) atoms. The van der Waals surface area contributed by atoms with E-state index in [2.05, 4.69) is 15.8 Å². The number of hydrazone groups is 1. The number of hydrogen-bond donors (Lipinski definition) is 3. The Morgan fingerprint density at radius 2 is 2.21 bits per heavy atom. The molecule has 1 aromatic rings.